The van der Waals surface area contributed by atoms with Crippen LogP contribution in [0.5, 0.6) is 0 Å². The minimum absolute atomic E-state index is 0.615. The summed E-state index contributed by atoms with van der Waals surface area (Å²) in [4.78, 5) is 2.63. The maximum absolute atomic E-state index is 3.51. The van der Waals surface area contributed by atoms with Crippen molar-refractivity contribution in [3.8, 4) is 0 Å². The minimum Gasteiger partial charge on any atom is -0.314 e. The van der Waals surface area contributed by atoms with E-state index in [-0.39, 0.29) is 0 Å². The van der Waals surface area contributed by atoms with Gasteiger partial charge in [0.05, 0.1) is 0 Å². The van der Waals surface area contributed by atoms with Gasteiger partial charge in [0.15, 0.2) is 0 Å². The van der Waals surface area contributed by atoms with E-state index in [1.54, 1.807) is 0 Å². The van der Waals surface area contributed by atoms with Crippen LogP contribution in [-0.2, 0) is 0 Å². The molecule has 0 saturated carbocycles. The lowest BCUT2D eigenvalue weighted by Gasteiger charge is -2.22. The van der Waals surface area contributed by atoms with Crippen molar-refractivity contribution < 1.29 is 0 Å². The highest BCUT2D eigenvalue weighted by Gasteiger charge is 2.26. The lowest BCUT2D eigenvalue weighted by atomic mass is 10.0. The molecular weight excluding hydrogens is 184 g/mol. The molecule has 90 valence electrons. The fourth-order valence-corrected chi connectivity index (χ4v) is 2.34. The van der Waals surface area contributed by atoms with Gasteiger partial charge in [0.1, 0.15) is 0 Å². The molecule has 0 bridgehead atoms. The summed E-state index contributed by atoms with van der Waals surface area (Å²) in [6, 6.07) is 0.615. The van der Waals surface area contributed by atoms with Crippen LogP contribution < -0.4 is 5.32 Å². The van der Waals surface area contributed by atoms with E-state index in [1.165, 1.54) is 19.6 Å². The monoisotopic (exact) mass is 212 g/mol. The molecule has 1 fully saturated rings. The minimum atomic E-state index is 0.615. The summed E-state index contributed by atoms with van der Waals surface area (Å²) in [6.45, 7) is 16.5. The second kappa shape index (κ2) is 5.86. The highest BCUT2D eigenvalue weighted by Crippen LogP contribution is 2.22. The van der Waals surface area contributed by atoms with Crippen LogP contribution in [0.1, 0.15) is 34.6 Å². The number of nitrogens with zero attached hydrogens (tertiary/aromatic N) is 1. The van der Waals surface area contributed by atoms with E-state index in [0.717, 1.165) is 24.3 Å². The molecule has 1 aliphatic heterocycles. The summed E-state index contributed by atoms with van der Waals surface area (Å²) in [6.07, 6.45) is 0. The smallest absolute Gasteiger partial charge is 0.00194 e. The van der Waals surface area contributed by atoms with Crippen LogP contribution in [-0.4, -0.2) is 37.1 Å². The molecule has 1 heterocycles. The zero-order valence-corrected chi connectivity index (χ0v) is 11.1. The van der Waals surface area contributed by atoms with Gasteiger partial charge in [0.2, 0.25) is 0 Å². The summed E-state index contributed by atoms with van der Waals surface area (Å²) in [5, 5.41) is 3.51. The topological polar surface area (TPSA) is 15.3 Å². The Bertz CT molecular complexity index is 169. The SMILES string of the molecule is CC(CNC(C)C)CN1CC(C)C(C)C1. The van der Waals surface area contributed by atoms with Crippen molar-refractivity contribution in [3.05, 3.63) is 0 Å². The van der Waals surface area contributed by atoms with E-state index in [4.69, 9.17) is 0 Å². The van der Waals surface area contributed by atoms with Crippen molar-refractivity contribution in [2.45, 2.75) is 40.7 Å². The largest absolute Gasteiger partial charge is 0.314 e. The number of rotatable bonds is 5. The van der Waals surface area contributed by atoms with Gasteiger partial charge in [0, 0.05) is 25.7 Å². The van der Waals surface area contributed by atoms with Gasteiger partial charge in [-0.3, -0.25) is 0 Å². The van der Waals surface area contributed by atoms with E-state index in [0.29, 0.717) is 6.04 Å². The average molecular weight is 212 g/mol. The van der Waals surface area contributed by atoms with Crippen molar-refractivity contribution in [2.24, 2.45) is 17.8 Å². The second-order valence-electron chi connectivity index (χ2n) is 5.84. The van der Waals surface area contributed by atoms with Crippen LogP contribution in [0.2, 0.25) is 0 Å². The molecule has 1 N–H and O–H groups in total. The Morgan fingerprint density at radius 2 is 1.67 bits per heavy atom. The molecule has 15 heavy (non-hydrogen) atoms. The van der Waals surface area contributed by atoms with Crippen LogP contribution in [0, 0.1) is 17.8 Å². The standard InChI is InChI=1S/C13H28N2/c1-10(2)14-6-11(3)7-15-8-12(4)13(5)9-15/h10-14H,6-9H2,1-5H3. The third kappa shape index (κ3) is 4.52. The van der Waals surface area contributed by atoms with E-state index in [2.05, 4.69) is 44.8 Å². The summed E-state index contributed by atoms with van der Waals surface area (Å²) >= 11 is 0. The maximum Gasteiger partial charge on any atom is 0.00194 e. The summed E-state index contributed by atoms with van der Waals surface area (Å²) in [5.74, 6) is 2.54. The van der Waals surface area contributed by atoms with Gasteiger partial charge >= 0.3 is 0 Å². The highest BCUT2D eigenvalue weighted by atomic mass is 15.2. The Balaban J connectivity index is 2.18. The van der Waals surface area contributed by atoms with Crippen molar-refractivity contribution in [1.29, 1.82) is 0 Å². The van der Waals surface area contributed by atoms with Gasteiger partial charge in [0.25, 0.3) is 0 Å². The predicted octanol–water partition coefficient (Wildman–Crippen LogP) is 2.21. The molecular formula is C13H28N2. The van der Waals surface area contributed by atoms with Crippen molar-refractivity contribution in [2.75, 3.05) is 26.2 Å². The maximum atomic E-state index is 3.51. The van der Waals surface area contributed by atoms with Crippen LogP contribution in [0.15, 0.2) is 0 Å². The Hall–Kier alpha value is -0.0800. The number of likely N-dealkylation sites (tertiary alicyclic amines) is 1. The lowest BCUT2D eigenvalue weighted by Crippen LogP contribution is -2.34. The Labute approximate surface area is 95.4 Å². The van der Waals surface area contributed by atoms with E-state index in [1.807, 2.05) is 0 Å². The fraction of sp³-hybridized carbons (Fsp3) is 1.00. The first-order valence-corrected chi connectivity index (χ1v) is 6.44. The van der Waals surface area contributed by atoms with E-state index >= 15 is 0 Å². The molecule has 0 aromatic rings. The highest BCUT2D eigenvalue weighted by molar-refractivity contribution is 4.79. The lowest BCUT2D eigenvalue weighted by molar-refractivity contribution is 0.269. The zero-order chi connectivity index (χ0) is 11.4. The van der Waals surface area contributed by atoms with Gasteiger partial charge < -0.3 is 10.2 Å². The molecule has 1 aliphatic rings. The first kappa shape index (κ1) is 13.0. The number of hydrogen-bond donors (Lipinski definition) is 1. The molecule has 0 aliphatic carbocycles. The van der Waals surface area contributed by atoms with Crippen LogP contribution in [0.25, 0.3) is 0 Å². The predicted molar refractivity (Wildman–Crippen MR) is 67.1 cm³/mol. The molecule has 3 unspecified atom stereocenters. The number of hydrogen-bond acceptors (Lipinski definition) is 2. The summed E-state index contributed by atoms with van der Waals surface area (Å²) in [5.41, 5.74) is 0. The zero-order valence-electron chi connectivity index (χ0n) is 11.1. The molecule has 2 nitrogen and oxygen atoms in total. The summed E-state index contributed by atoms with van der Waals surface area (Å²) < 4.78 is 0. The van der Waals surface area contributed by atoms with Gasteiger partial charge in [-0.25, -0.2) is 0 Å². The Morgan fingerprint density at radius 1 is 1.13 bits per heavy atom. The third-order valence-corrected chi connectivity index (χ3v) is 3.51. The first-order valence-electron chi connectivity index (χ1n) is 6.44. The fourth-order valence-electron chi connectivity index (χ4n) is 2.34. The van der Waals surface area contributed by atoms with Crippen molar-refractivity contribution >= 4 is 0 Å². The Morgan fingerprint density at radius 3 is 2.13 bits per heavy atom. The molecule has 0 spiro atoms. The van der Waals surface area contributed by atoms with Crippen molar-refractivity contribution in [1.82, 2.24) is 10.2 Å². The second-order valence-corrected chi connectivity index (χ2v) is 5.84. The molecule has 0 amide bonds. The van der Waals surface area contributed by atoms with Gasteiger partial charge in [-0.1, -0.05) is 34.6 Å². The van der Waals surface area contributed by atoms with E-state index < -0.39 is 0 Å². The first-order chi connectivity index (χ1) is 6.99. The van der Waals surface area contributed by atoms with Gasteiger partial charge in [-0.05, 0) is 24.3 Å². The molecule has 3 atom stereocenters. The average Bonchev–Trinajstić information content (AvgIpc) is 2.42. The Kier molecular flexibility index (Phi) is 5.07. The van der Waals surface area contributed by atoms with Gasteiger partial charge in [-0.15, -0.1) is 0 Å². The summed E-state index contributed by atoms with van der Waals surface area (Å²) in [7, 11) is 0. The quantitative estimate of drug-likeness (QED) is 0.751. The van der Waals surface area contributed by atoms with E-state index in [9.17, 15) is 0 Å². The van der Waals surface area contributed by atoms with Gasteiger partial charge in [-0.2, -0.15) is 0 Å². The van der Waals surface area contributed by atoms with Crippen LogP contribution in [0.4, 0.5) is 0 Å². The molecule has 0 aromatic carbocycles. The molecule has 1 saturated heterocycles. The third-order valence-electron chi connectivity index (χ3n) is 3.51. The number of nitrogens with one attached hydrogen (secondary N) is 1. The van der Waals surface area contributed by atoms with Crippen LogP contribution in [0.3, 0.4) is 0 Å². The molecule has 1 rings (SSSR count). The molecule has 0 aromatic heterocycles. The van der Waals surface area contributed by atoms with Crippen molar-refractivity contribution in [3.63, 3.8) is 0 Å². The molecule has 2 heteroatoms. The molecule has 0 radical (unpaired) electrons. The van der Waals surface area contributed by atoms with Crippen LogP contribution >= 0.6 is 0 Å². The normalized spacial score (nSPS) is 30.0.